The first-order valence-electron chi connectivity index (χ1n) is 26.0. The standard InChI is InChI=1S/C71H54N2O3/c1-45-35-39-51(40-36-45)72(63-33-17-31-60-58-29-15-27-54(68(58)75-70(60)63)49-20-7-5-8-21-49)65(53-24-12-11-19-47(53)3)43-48(4)62-44-66(56-25-13-14-26-57(56)67(62)74)73(52-41-37-46(2)38-42-52)64-34-18-32-61-59-30-16-28-55(69(59)76-71(61)64)50-22-9-6-10-23-50/h5-39,41-44,51,74H,4,40H2,1-3H3/b65-43+. The topological polar surface area (TPSA) is 53.0 Å². The maximum Gasteiger partial charge on any atom is 0.159 e. The number of fused-ring (bicyclic) bond motifs is 7. The number of aromatic hydroxyl groups is 1. The number of rotatable bonds is 11. The molecule has 0 spiro atoms. The van der Waals surface area contributed by atoms with Crippen LogP contribution < -0.4 is 9.80 Å². The largest absolute Gasteiger partial charge is 0.507 e. The molecule has 366 valence electrons. The van der Waals surface area contributed by atoms with Gasteiger partial charge in [-0.3, -0.25) is 0 Å². The van der Waals surface area contributed by atoms with Gasteiger partial charge in [-0.1, -0.05) is 218 Å². The normalized spacial score (nSPS) is 13.8. The molecule has 76 heavy (non-hydrogen) atoms. The van der Waals surface area contributed by atoms with E-state index in [-0.39, 0.29) is 11.8 Å². The average Bonchev–Trinajstić information content (AvgIpc) is 4.10. The maximum atomic E-state index is 12.7. The zero-order valence-electron chi connectivity index (χ0n) is 42.7. The number of anilines is 4. The van der Waals surface area contributed by atoms with Crippen molar-refractivity contribution in [2.24, 2.45) is 0 Å². The number of allylic oxidation sites excluding steroid dienone is 4. The molecule has 10 aromatic carbocycles. The Kier molecular flexibility index (Phi) is 11.6. The fraction of sp³-hybridized carbons (Fsp3) is 0.0704. The SMILES string of the molecule is C=C(/C=C(\c1ccccc1C)N(c1cccc2c1oc1c(-c3ccccc3)cccc12)C1C=CC(C)=CC1)c1cc(N(c2ccc(C)cc2)c2cccc3c2oc2c(-c4ccccc4)cccc23)c2ccccc2c1O. The van der Waals surface area contributed by atoms with Crippen molar-refractivity contribution in [3.63, 3.8) is 0 Å². The zero-order chi connectivity index (χ0) is 51.4. The van der Waals surface area contributed by atoms with E-state index in [4.69, 9.17) is 15.4 Å². The van der Waals surface area contributed by atoms with E-state index in [9.17, 15) is 5.11 Å². The Bertz CT molecular complexity index is 4330. The van der Waals surface area contributed by atoms with E-state index < -0.39 is 0 Å². The number of phenols is 1. The molecule has 5 heteroatoms. The van der Waals surface area contributed by atoms with E-state index in [2.05, 4.69) is 237 Å². The summed E-state index contributed by atoms with van der Waals surface area (Å²) in [6, 6.07) is 73.8. The van der Waals surface area contributed by atoms with Gasteiger partial charge in [0.1, 0.15) is 16.9 Å². The average molecular weight is 983 g/mol. The van der Waals surface area contributed by atoms with Crippen LogP contribution in [-0.4, -0.2) is 11.1 Å². The van der Waals surface area contributed by atoms with E-state index in [1.165, 1.54) is 5.57 Å². The van der Waals surface area contributed by atoms with E-state index in [0.29, 0.717) is 16.5 Å². The Morgan fingerprint density at radius 2 is 1.04 bits per heavy atom. The first-order chi connectivity index (χ1) is 37.3. The third kappa shape index (κ3) is 7.96. The summed E-state index contributed by atoms with van der Waals surface area (Å²) in [5.41, 5.74) is 17.8. The molecule has 1 aliphatic carbocycles. The van der Waals surface area contributed by atoms with Crippen molar-refractivity contribution in [1.82, 2.24) is 0 Å². The Morgan fingerprint density at radius 3 is 1.64 bits per heavy atom. The lowest BCUT2D eigenvalue weighted by Gasteiger charge is -2.36. The minimum Gasteiger partial charge on any atom is -0.507 e. The molecule has 5 nitrogen and oxygen atoms in total. The van der Waals surface area contributed by atoms with Crippen LogP contribution in [0.5, 0.6) is 5.75 Å². The van der Waals surface area contributed by atoms with Crippen LogP contribution in [0.4, 0.5) is 22.7 Å². The summed E-state index contributed by atoms with van der Waals surface area (Å²) < 4.78 is 14.3. The molecule has 12 aromatic rings. The highest BCUT2D eigenvalue weighted by atomic mass is 16.3. The highest BCUT2D eigenvalue weighted by Gasteiger charge is 2.29. The molecule has 0 saturated carbocycles. The highest BCUT2D eigenvalue weighted by Crippen LogP contribution is 2.50. The third-order valence-electron chi connectivity index (χ3n) is 15.1. The molecule has 0 amide bonds. The third-order valence-corrected chi connectivity index (χ3v) is 15.1. The van der Waals surface area contributed by atoms with Gasteiger partial charge < -0.3 is 23.7 Å². The second kappa shape index (κ2) is 19.0. The maximum absolute atomic E-state index is 12.7. The molecule has 2 heterocycles. The van der Waals surface area contributed by atoms with Gasteiger partial charge in [-0.2, -0.15) is 0 Å². The van der Waals surface area contributed by atoms with Crippen molar-refractivity contribution < 1.29 is 13.9 Å². The predicted octanol–water partition coefficient (Wildman–Crippen LogP) is 19.6. The van der Waals surface area contributed by atoms with Gasteiger partial charge in [0.2, 0.25) is 0 Å². The quantitative estimate of drug-likeness (QED) is 0.131. The molecular formula is C71H54N2O3. The summed E-state index contributed by atoms with van der Waals surface area (Å²) in [7, 11) is 0. The van der Waals surface area contributed by atoms with Gasteiger partial charge >= 0.3 is 0 Å². The summed E-state index contributed by atoms with van der Waals surface area (Å²) >= 11 is 0. The number of hydrogen-bond donors (Lipinski definition) is 1. The molecule has 1 unspecified atom stereocenters. The van der Waals surface area contributed by atoms with Gasteiger partial charge in [0, 0.05) is 66.0 Å². The fourth-order valence-corrected chi connectivity index (χ4v) is 11.3. The van der Waals surface area contributed by atoms with Crippen LogP contribution >= 0.6 is 0 Å². The predicted molar refractivity (Wildman–Crippen MR) is 319 cm³/mol. The van der Waals surface area contributed by atoms with Crippen molar-refractivity contribution in [2.45, 2.75) is 33.2 Å². The van der Waals surface area contributed by atoms with Crippen molar-refractivity contribution >= 4 is 88.7 Å². The molecule has 1 atom stereocenters. The summed E-state index contributed by atoms with van der Waals surface area (Å²) in [5, 5.41) is 18.5. The van der Waals surface area contributed by atoms with Crippen LogP contribution in [0, 0.1) is 13.8 Å². The number of furan rings is 2. The number of phenolic OH excluding ortho intramolecular Hbond substituents is 1. The summed E-state index contributed by atoms with van der Waals surface area (Å²) in [6.07, 6.45) is 9.74. The van der Waals surface area contributed by atoms with Crippen molar-refractivity contribution in [2.75, 3.05) is 9.80 Å². The van der Waals surface area contributed by atoms with E-state index in [1.54, 1.807) is 0 Å². The van der Waals surface area contributed by atoms with Crippen LogP contribution in [0.2, 0.25) is 0 Å². The van der Waals surface area contributed by atoms with Gasteiger partial charge in [0.05, 0.1) is 23.1 Å². The smallest absolute Gasteiger partial charge is 0.159 e. The minimum absolute atomic E-state index is 0.0979. The second-order valence-corrected chi connectivity index (χ2v) is 20.0. The number of aryl methyl sites for hydroxylation is 2. The van der Waals surface area contributed by atoms with Gasteiger partial charge in [0.15, 0.2) is 11.2 Å². The van der Waals surface area contributed by atoms with E-state index in [1.807, 2.05) is 30.3 Å². The molecular weight excluding hydrogens is 929 g/mol. The molecule has 0 bridgehead atoms. The number of benzene rings is 10. The zero-order valence-corrected chi connectivity index (χ0v) is 42.7. The first-order valence-corrected chi connectivity index (χ1v) is 26.0. The van der Waals surface area contributed by atoms with Crippen LogP contribution in [0.25, 0.3) is 88.2 Å². The Balaban J connectivity index is 1.04. The minimum atomic E-state index is -0.0979. The van der Waals surface area contributed by atoms with Gasteiger partial charge in [-0.15, -0.1) is 0 Å². The van der Waals surface area contributed by atoms with Crippen molar-refractivity contribution in [1.29, 1.82) is 0 Å². The van der Waals surface area contributed by atoms with Gasteiger partial charge in [-0.25, -0.2) is 0 Å². The Hall–Kier alpha value is -9.58. The molecule has 0 radical (unpaired) electrons. The van der Waals surface area contributed by atoms with E-state index >= 15 is 0 Å². The lowest BCUT2D eigenvalue weighted by atomic mass is 9.93. The van der Waals surface area contributed by atoms with Gasteiger partial charge in [0.25, 0.3) is 0 Å². The number of para-hydroxylation sites is 4. The molecule has 0 aliphatic heterocycles. The molecule has 1 N–H and O–H groups in total. The molecule has 2 aromatic heterocycles. The lowest BCUT2D eigenvalue weighted by molar-refractivity contribution is 0.480. The van der Waals surface area contributed by atoms with Crippen LogP contribution in [0.15, 0.2) is 258 Å². The fourth-order valence-electron chi connectivity index (χ4n) is 11.3. The number of nitrogens with zero attached hydrogens (tertiary/aromatic N) is 2. The first kappa shape index (κ1) is 46.2. The second-order valence-electron chi connectivity index (χ2n) is 20.0. The van der Waals surface area contributed by atoms with Crippen molar-refractivity contribution in [3.8, 4) is 28.0 Å². The molecule has 0 saturated heterocycles. The van der Waals surface area contributed by atoms with E-state index in [0.717, 1.165) is 123 Å². The molecule has 1 aliphatic rings. The monoisotopic (exact) mass is 982 g/mol. The molecule has 0 fully saturated rings. The van der Waals surface area contributed by atoms with Crippen LogP contribution in [-0.2, 0) is 0 Å². The van der Waals surface area contributed by atoms with Crippen LogP contribution in [0.1, 0.15) is 35.6 Å². The van der Waals surface area contributed by atoms with Crippen molar-refractivity contribution in [3.05, 3.63) is 271 Å². The summed E-state index contributed by atoms with van der Waals surface area (Å²) in [5.74, 6) is 0.151. The summed E-state index contributed by atoms with van der Waals surface area (Å²) in [4.78, 5) is 4.69. The Labute approximate surface area is 442 Å². The molecule has 13 rings (SSSR count). The number of hydrogen-bond acceptors (Lipinski definition) is 5. The summed E-state index contributed by atoms with van der Waals surface area (Å²) in [6.45, 7) is 11.3. The Morgan fingerprint density at radius 1 is 0.513 bits per heavy atom. The van der Waals surface area contributed by atoms with Crippen LogP contribution in [0.3, 0.4) is 0 Å². The highest BCUT2D eigenvalue weighted by molar-refractivity contribution is 6.16. The lowest BCUT2D eigenvalue weighted by Crippen LogP contribution is -2.33. The van der Waals surface area contributed by atoms with Gasteiger partial charge in [-0.05, 0) is 85.9 Å².